The highest BCUT2D eigenvalue weighted by atomic mass is 19.1. The molecule has 0 aromatic heterocycles. The predicted molar refractivity (Wildman–Crippen MR) is 67.5 cm³/mol. The molecule has 0 nitrogen and oxygen atoms in total. The van der Waals surface area contributed by atoms with E-state index in [2.05, 4.69) is 6.92 Å². The Labute approximate surface area is 104 Å². The molecule has 17 heavy (non-hydrogen) atoms. The van der Waals surface area contributed by atoms with E-state index in [0.29, 0.717) is 12.3 Å². The van der Waals surface area contributed by atoms with Crippen LogP contribution in [0.2, 0.25) is 0 Å². The van der Waals surface area contributed by atoms with E-state index in [0.717, 1.165) is 44.9 Å². The largest absolute Gasteiger partial charge is 0.247 e. The zero-order valence-corrected chi connectivity index (χ0v) is 11.0. The van der Waals surface area contributed by atoms with Gasteiger partial charge in [0, 0.05) is 0 Å². The average molecular weight is 244 g/mol. The summed E-state index contributed by atoms with van der Waals surface area (Å²) in [5.41, 5.74) is 0. The molecule has 0 saturated heterocycles. The van der Waals surface area contributed by atoms with Crippen LogP contribution in [0.5, 0.6) is 0 Å². The van der Waals surface area contributed by atoms with E-state index in [1.807, 2.05) is 0 Å². The molecule has 2 aliphatic carbocycles. The van der Waals surface area contributed by atoms with Crippen LogP contribution in [0, 0.1) is 17.8 Å². The van der Waals surface area contributed by atoms with Crippen LogP contribution in [0.4, 0.5) is 8.78 Å². The van der Waals surface area contributed by atoms with Crippen LogP contribution in [0.3, 0.4) is 0 Å². The van der Waals surface area contributed by atoms with Crippen LogP contribution < -0.4 is 0 Å². The summed E-state index contributed by atoms with van der Waals surface area (Å²) in [4.78, 5) is 0. The summed E-state index contributed by atoms with van der Waals surface area (Å²) in [7, 11) is 0. The van der Waals surface area contributed by atoms with Crippen molar-refractivity contribution in [3.8, 4) is 0 Å². The Morgan fingerprint density at radius 1 is 0.882 bits per heavy atom. The lowest BCUT2D eigenvalue weighted by Crippen LogP contribution is -2.30. The van der Waals surface area contributed by atoms with E-state index in [1.165, 1.54) is 6.42 Å². The minimum Gasteiger partial charge on any atom is -0.247 e. The van der Waals surface area contributed by atoms with Crippen molar-refractivity contribution in [2.75, 3.05) is 0 Å². The highest BCUT2D eigenvalue weighted by Crippen LogP contribution is 2.39. The van der Waals surface area contributed by atoms with Crippen molar-refractivity contribution in [3.05, 3.63) is 0 Å². The van der Waals surface area contributed by atoms with Gasteiger partial charge in [-0.05, 0) is 56.3 Å². The second-order valence-corrected chi connectivity index (χ2v) is 6.16. The van der Waals surface area contributed by atoms with Crippen molar-refractivity contribution >= 4 is 0 Å². The monoisotopic (exact) mass is 244 g/mol. The number of hydrogen-bond donors (Lipinski definition) is 0. The third-order valence-electron chi connectivity index (χ3n) is 4.99. The first-order valence-corrected chi connectivity index (χ1v) is 7.48. The first-order chi connectivity index (χ1) is 8.20. The second kappa shape index (κ2) is 6.15. The lowest BCUT2D eigenvalue weighted by atomic mass is 9.73. The number of hydrogen-bond acceptors (Lipinski definition) is 0. The fraction of sp³-hybridized carbons (Fsp3) is 1.00. The van der Waals surface area contributed by atoms with Crippen molar-refractivity contribution in [2.45, 2.75) is 77.1 Å². The van der Waals surface area contributed by atoms with Gasteiger partial charge in [-0.3, -0.25) is 0 Å². The van der Waals surface area contributed by atoms with E-state index in [4.69, 9.17) is 0 Å². The van der Waals surface area contributed by atoms with E-state index < -0.39 is 12.3 Å². The molecule has 100 valence electrons. The molecule has 5 atom stereocenters. The lowest BCUT2D eigenvalue weighted by Gasteiger charge is -2.35. The first-order valence-electron chi connectivity index (χ1n) is 7.48. The van der Waals surface area contributed by atoms with Gasteiger partial charge in [-0.1, -0.05) is 26.2 Å². The summed E-state index contributed by atoms with van der Waals surface area (Å²) in [6.45, 7) is 2.08. The van der Waals surface area contributed by atoms with Crippen LogP contribution in [-0.2, 0) is 0 Å². The smallest absolute Gasteiger partial charge is 0.103 e. The van der Waals surface area contributed by atoms with Gasteiger partial charge in [0.15, 0.2) is 0 Å². The minimum absolute atomic E-state index is 0.235. The number of alkyl halides is 2. The van der Waals surface area contributed by atoms with Gasteiger partial charge in [0.2, 0.25) is 0 Å². The molecule has 2 aliphatic rings. The van der Waals surface area contributed by atoms with Gasteiger partial charge in [-0.2, -0.15) is 0 Å². The van der Waals surface area contributed by atoms with Crippen LogP contribution in [0.25, 0.3) is 0 Å². The Hall–Kier alpha value is -0.140. The van der Waals surface area contributed by atoms with E-state index in [-0.39, 0.29) is 11.8 Å². The van der Waals surface area contributed by atoms with Crippen molar-refractivity contribution in [3.63, 3.8) is 0 Å². The van der Waals surface area contributed by atoms with Crippen molar-refractivity contribution < 1.29 is 8.78 Å². The molecule has 2 saturated carbocycles. The summed E-state index contributed by atoms with van der Waals surface area (Å²) in [5, 5.41) is 0. The Morgan fingerprint density at radius 3 is 2.29 bits per heavy atom. The van der Waals surface area contributed by atoms with E-state index in [1.54, 1.807) is 0 Å². The molecular weight excluding hydrogens is 218 g/mol. The van der Waals surface area contributed by atoms with Gasteiger partial charge in [0.1, 0.15) is 12.3 Å². The molecule has 0 radical (unpaired) electrons. The normalized spacial score (nSPS) is 43.6. The van der Waals surface area contributed by atoms with Crippen molar-refractivity contribution in [2.24, 2.45) is 17.8 Å². The minimum atomic E-state index is -0.625. The van der Waals surface area contributed by atoms with Gasteiger partial charge >= 0.3 is 0 Å². The maximum absolute atomic E-state index is 13.9. The number of halogens is 2. The fourth-order valence-corrected chi connectivity index (χ4v) is 3.79. The quantitative estimate of drug-likeness (QED) is 0.650. The Kier molecular flexibility index (Phi) is 4.81. The molecule has 2 fully saturated rings. The lowest BCUT2D eigenvalue weighted by molar-refractivity contribution is 0.0830. The molecule has 0 heterocycles. The molecule has 2 unspecified atom stereocenters. The SMILES string of the molecule is CC[C@H]1CCC(CC2CCCC[C@@H]2F)C[C@H]1F. The average Bonchev–Trinajstić information content (AvgIpc) is 2.32. The Balaban J connectivity index is 1.79. The molecule has 0 bridgehead atoms. The molecule has 0 aromatic carbocycles. The maximum atomic E-state index is 13.9. The molecule has 0 N–H and O–H groups in total. The summed E-state index contributed by atoms with van der Waals surface area (Å²) < 4.78 is 27.6. The molecule has 2 rings (SSSR count). The van der Waals surface area contributed by atoms with E-state index >= 15 is 0 Å². The summed E-state index contributed by atoms with van der Waals surface area (Å²) in [6.07, 6.45) is 7.52. The molecule has 2 heteroatoms. The molecule has 0 aliphatic heterocycles. The second-order valence-electron chi connectivity index (χ2n) is 6.16. The number of rotatable bonds is 3. The van der Waals surface area contributed by atoms with Gasteiger partial charge in [0.05, 0.1) is 0 Å². The highest BCUT2D eigenvalue weighted by Gasteiger charge is 2.33. The third-order valence-corrected chi connectivity index (χ3v) is 4.99. The summed E-state index contributed by atoms with van der Waals surface area (Å²) in [5.74, 6) is 0.965. The topological polar surface area (TPSA) is 0 Å². The molecule has 0 amide bonds. The summed E-state index contributed by atoms with van der Waals surface area (Å²) >= 11 is 0. The van der Waals surface area contributed by atoms with Gasteiger partial charge in [-0.25, -0.2) is 8.78 Å². The van der Waals surface area contributed by atoms with Crippen LogP contribution >= 0.6 is 0 Å². The Morgan fingerprint density at radius 2 is 1.65 bits per heavy atom. The van der Waals surface area contributed by atoms with Gasteiger partial charge < -0.3 is 0 Å². The van der Waals surface area contributed by atoms with E-state index in [9.17, 15) is 8.78 Å². The van der Waals surface area contributed by atoms with Crippen molar-refractivity contribution in [1.29, 1.82) is 0 Å². The third kappa shape index (κ3) is 3.42. The molecular formula is C15H26F2. The Bertz CT molecular complexity index is 229. The molecule has 0 spiro atoms. The maximum Gasteiger partial charge on any atom is 0.103 e. The van der Waals surface area contributed by atoms with Crippen LogP contribution in [0.1, 0.15) is 64.7 Å². The summed E-state index contributed by atoms with van der Waals surface area (Å²) in [6, 6.07) is 0. The van der Waals surface area contributed by atoms with Crippen LogP contribution in [-0.4, -0.2) is 12.3 Å². The van der Waals surface area contributed by atoms with Crippen LogP contribution in [0.15, 0.2) is 0 Å². The molecule has 0 aromatic rings. The van der Waals surface area contributed by atoms with Crippen molar-refractivity contribution in [1.82, 2.24) is 0 Å². The zero-order valence-electron chi connectivity index (χ0n) is 11.0. The van der Waals surface area contributed by atoms with Gasteiger partial charge in [0.25, 0.3) is 0 Å². The fourth-order valence-electron chi connectivity index (χ4n) is 3.79. The first kappa shape index (κ1) is 13.3. The zero-order chi connectivity index (χ0) is 12.3. The standard InChI is InChI=1S/C15H26F2/c1-2-12-8-7-11(10-15(12)17)9-13-5-3-4-6-14(13)16/h11-15H,2-10H2,1H3/t11?,12-,13?,14-,15+/m0/s1. The predicted octanol–water partition coefficient (Wildman–Crippen LogP) is 5.07. The van der Waals surface area contributed by atoms with Gasteiger partial charge in [-0.15, -0.1) is 0 Å². The highest BCUT2D eigenvalue weighted by molar-refractivity contribution is 4.83.